The van der Waals surface area contributed by atoms with E-state index in [9.17, 15) is 8.78 Å². The van der Waals surface area contributed by atoms with Crippen molar-refractivity contribution >= 4 is 18.0 Å². The van der Waals surface area contributed by atoms with E-state index in [1.807, 2.05) is 6.92 Å². The first kappa shape index (κ1) is 15.4. The van der Waals surface area contributed by atoms with Gasteiger partial charge in [-0.05, 0) is 43.0 Å². The third-order valence-corrected chi connectivity index (χ3v) is 3.15. The van der Waals surface area contributed by atoms with Crippen molar-refractivity contribution in [2.75, 3.05) is 12.9 Å². The van der Waals surface area contributed by atoms with E-state index in [0.29, 0.717) is 11.8 Å². The number of hydrogen-bond acceptors (Lipinski definition) is 5. The third kappa shape index (κ3) is 3.78. The number of nitrogens with zero attached hydrogens (tertiary/aromatic N) is 4. The molecule has 0 radical (unpaired) electrons. The lowest BCUT2D eigenvalue weighted by Gasteiger charge is -2.03. The molecule has 2 rings (SSSR count). The summed E-state index contributed by atoms with van der Waals surface area (Å²) in [7, 11) is 0. The van der Waals surface area contributed by atoms with E-state index in [2.05, 4.69) is 15.3 Å². The number of alkyl halides is 2. The number of aromatic nitrogens is 3. The fraction of sp³-hybridized carbons (Fsp3) is 0.308. The van der Waals surface area contributed by atoms with Crippen LogP contribution in [-0.4, -0.2) is 34.0 Å². The summed E-state index contributed by atoms with van der Waals surface area (Å²) in [6, 6.07) is 7.17. The molecule has 0 unspecified atom stereocenters. The van der Waals surface area contributed by atoms with Crippen molar-refractivity contribution in [1.82, 2.24) is 14.9 Å². The Labute approximate surface area is 125 Å². The summed E-state index contributed by atoms with van der Waals surface area (Å²) in [5, 5.41) is 11.5. The van der Waals surface area contributed by atoms with Gasteiger partial charge in [0.2, 0.25) is 11.0 Å². The molecule has 1 aromatic carbocycles. The van der Waals surface area contributed by atoms with E-state index < -0.39 is 12.2 Å². The molecule has 0 saturated heterocycles. The maximum atomic E-state index is 12.8. The minimum absolute atomic E-state index is 0.312. The molecule has 1 heterocycles. The van der Waals surface area contributed by atoms with Crippen LogP contribution in [0.25, 0.3) is 0 Å². The summed E-state index contributed by atoms with van der Waals surface area (Å²) < 4.78 is 32.0. The topological polar surface area (TPSA) is 52.3 Å². The molecule has 0 saturated carbocycles. The molecule has 0 aliphatic rings. The van der Waals surface area contributed by atoms with Crippen molar-refractivity contribution in [3.8, 4) is 5.75 Å². The van der Waals surface area contributed by atoms with Crippen LogP contribution in [0.15, 0.2) is 34.5 Å². The highest BCUT2D eigenvalue weighted by molar-refractivity contribution is 7.98. The quantitative estimate of drug-likeness (QED) is 0.607. The zero-order valence-corrected chi connectivity index (χ0v) is 12.3. The summed E-state index contributed by atoms with van der Waals surface area (Å²) >= 11 is 1.20. The monoisotopic (exact) mass is 312 g/mol. The Morgan fingerprint density at radius 2 is 2.05 bits per heavy atom. The molecule has 0 spiro atoms. The third-order valence-electron chi connectivity index (χ3n) is 2.53. The molecule has 21 heavy (non-hydrogen) atoms. The molecule has 2 aromatic rings. The van der Waals surface area contributed by atoms with Crippen LogP contribution < -0.4 is 4.74 Å². The van der Waals surface area contributed by atoms with E-state index in [-0.39, 0.29) is 0 Å². The zero-order valence-electron chi connectivity index (χ0n) is 11.5. The number of halogens is 2. The highest BCUT2D eigenvalue weighted by Gasteiger charge is 2.19. The predicted molar refractivity (Wildman–Crippen MR) is 77.4 cm³/mol. The van der Waals surface area contributed by atoms with Crippen LogP contribution >= 0.6 is 11.8 Å². The molecule has 0 aliphatic heterocycles. The number of rotatable bonds is 6. The van der Waals surface area contributed by atoms with Gasteiger partial charge in [0, 0.05) is 0 Å². The van der Waals surface area contributed by atoms with Crippen LogP contribution in [0.5, 0.6) is 5.75 Å². The van der Waals surface area contributed by atoms with Crippen LogP contribution in [0.2, 0.25) is 0 Å². The summed E-state index contributed by atoms with van der Waals surface area (Å²) in [6.07, 6.45) is 0.475. The molecular formula is C13H14F2N4OS. The van der Waals surface area contributed by atoms with Gasteiger partial charge in [0.25, 0.3) is 6.43 Å². The van der Waals surface area contributed by atoms with Crippen molar-refractivity contribution in [2.45, 2.75) is 18.5 Å². The van der Waals surface area contributed by atoms with Crippen LogP contribution in [0.1, 0.15) is 24.7 Å². The van der Waals surface area contributed by atoms with Crippen molar-refractivity contribution in [3.05, 3.63) is 35.7 Å². The lowest BCUT2D eigenvalue weighted by Crippen LogP contribution is -2.00. The molecule has 0 fully saturated rings. The lowest BCUT2D eigenvalue weighted by molar-refractivity contribution is 0.135. The zero-order chi connectivity index (χ0) is 15.2. The fourth-order valence-corrected chi connectivity index (χ4v) is 2.03. The molecule has 1 aromatic heterocycles. The van der Waals surface area contributed by atoms with E-state index >= 15 is 0 Å². The highest BCUT2D eigenvalue weighted by atomic mass is 32.2. The average molecular weight is 312 g/mol. The van der Waals surface area contributed by atoms with Gasteiger partial charge in [-0.1, -0.05) is 11.8 Å². The molecule has 0 N–H and O–H groups in total. The van der Waals surface area contributed by atoms with Gasteiger partial charge in [0.05, 0.1) is 12.8 Å². The standard InChI is InChI=1S/C13H14F2N4OS/c1-3-20-10-6-4-9(5-7-10)8-16-19-12(11(14)15)17-18-13(19)21-2/h4-8,11H,3H2,1-2H3/b16-8+. The molecule has 8 heteroatoms. The van der Waals surface area contributed by atoms with Crippen LogP contribution in [-0.2, 0) is 0 Å². The molecule has 0 amide bonds. The SMILES string of the molecule is CCOc1ccc(/C=N/n2c(SC)nnc2C(F)F)cc1. The van der Waals surface area contributed by atoms with E-state index in [1.54, 1.807) is 30.5 Å². The summed E-state index contributed by atoms with van der Waals surface area (Å²) in [5.74, 6) is 0.276. The number of ether oxygens (including phenoxy) is 1. The fourth-order valence-electron chi connectivity index (χ4n) is 1.59. The van der Waals surface area contributed by atoms with Gasteiger partial charge in [-0.25, -0.2) is 8.78 Å². The summed E-state index contributed by atoms with van der Waals surface area (Å²) in [4.78, 5) is 0. The minimum Gasteiger partial charge on any atom is -0.494 e. The van der Waals surface area contributed by atoms with Gasteiger partial charge in [-0.3, -0.25) is 0 Å². The minimum atomic E-state index is -2.73. The largest absolute Gasteiger partial charge is 0.494 e. The van der Waals surface area contributed by atoms with Crippen LogP contribution in [0.3, 0.4) is 0 Å². The second-order valence-corrected chi connectivity index (χ2v) is 4.68. The second-order valence-electron chi connectivity index (χ2n) is 3.90. The second kappa shape index (κ2) is 7.16. The maximum absolute atomic E-state index is 12.8. The Morgan fingerprint density at radius 3 is 2.62 bits per heavy atom. The van der Waals surface area contributed by atoms with Crippen molar-refractivity contribution in [2.24, 2.45) is 5.10 Å². The van der Waals surface area contributed by atoms with Gasteiger partial charge in [0.15, 0.2) is 0 Å². The Bertz CT molecular complexity index is 613. The average Bonchev–Trinajstić information content (AvgIpc) is 2.90. The van der Waals surface area contributed by atoms with Gasteiger partial charge in [-0.15, -0.1) is 10.2 Å². The number of benzene rings is 1. The van der Waals surface area contributed by atoms with Gasteiger partial charge in [-0.2, -0.15) is 9.78 Å². The Morgan fingerprint density at radius 1 is 1.33 bits per heavy atom. The van der Waals surface area contributed by atoms with Crippen LogP contribution in [0, 0.1) is 0 Å². The van der Waals surface area contributed by atoms with E-state index in [1.165, 1.54) is 18.0 Å². The Balaban J connectivity index is 2.22. The summed E-state index contributed by atoms with van der Waals surface area (Å²) in [6.45, 7) is 2.49. The van der Waals surface area contributed by atoms with Crippen molar-refractivity contribution in [1.29, 1.82) is 0 Å². The normalized spacial score (nSPS) is 11.5. The van der Waals surface area contributed by atoms with Crippen molar-refractivity contribution < 1.29 is 13.5 Å². The molecule has 112 valence electrons. The van der Waals surface area contributed by atoms with E-state index in [0.717, 1.165) is 16.0 Å². The molecule has 0 bridgehead atoms. The molecule has 5 nitrogen and oxygen atoms in total. The highest BCUT2D eigenvalue weighted by Crippen LogP contribution is 2.21. The van der Waals surface area contributed by atoms with E-state index in [4.69, 9.17) is 4.74 Å². The first-order valence-electron chi connectivity index (χ1n) is 6.20. The lowest BCUT2D eigenvalue weighted by atomic mass is 10.2. The van der Waals surface area contributed by atoms with Gasteiger partial charge < -0.3 is 4.74 Å². The Kier molecular flexibility index (Phi) is 5.26. The predicted octanol–water partition coefficient (Wildman–Crippen LogP) is 3.22. The van der Waals surface area contributed by atoms with Crippen LogP contribution in [0.4, 0.5) is 8.78 Å². The molecular weight excluding hydrogens is 298 g/mol. The molecule has 0 aliphatic carbocycles. The van der Waals surface area contributed by atoms with Gasteiger partial charge in [0.1, 0.15) is 5.75 Å². The molecule has 0 atom stereocenters. The number of hydrogen-bond donors (Lipinski definition) is 0. The van der Waals surface area contributed by atoms with Crippen molar-refractivity contribution in [3.63, 3.8) is 0 Å². The Hall–Kier alpha value is -1.96. The van der Waals surface area contributed by atoms with Gasteiger partial charge >= 0.3 is 0 Å². The first-order chi connectivity index (χ1) is 10.2. The summed E-state index contributed by atoms with van der Waals surface area (Å²) in [5.41, 5.74) is 0.763. The smallest absolute Gasteiger partial charge is 0.299 e. The first-order valence-corrected chi connectivity index (χ1v) is 7.42. The maximum Gasteiger partial charge on any atom is 0.299 e. The number of thioether (sulfide) groups is 1.